The number of nitrogens with zero attached hydrogens (tertiary/aromatic N) is 2. The Morgan fingerprint density at radius 2 is 1.97 bits per heavy atom. The predicted molar refractivity (Wildman–Crippen MR) is 138 cm³/mol. The molecule has 1 N–H and O–H groups in total. The van der Waals surface area contributed by atoms with Gasteiger partial charge in [-0.2, -0.15) is 0 Å². The summed E-state index contributed by atoms with van der Waals surface area (Å²) in [5, 5.41) is 3.28. The van der Waals surface area contributed by atoms with Crippen LogP contribution < -0.4 is 21.3 Å². The van der Waals surface area contributed by atoms with Gasteiger partial charge in [-0.1, -0.05) is 30.7 Å². The number of allylic oxidation sites excluding steroid dienone is 2. The lowest BCUT2D eigenvalue weighted by molar-refractivity contribution is 0.0955. The molecule has 0 aliphatic rings. The largest absolute Gasteiger partial charge is 0.497 e. The van der Waals surface area contributed by atoms with Crippen molar-refractivity contribution in [1.29, 1.82) is 0 Å². The molecule has 0 fully saturated rings. The number of benzene rings is 1. The quantitative estimate of drug-likeness (QED) is 0.431. The van der Waals surface area contributed by atoms with E-state index in [1.807, 2.05) is 24.3 Å². The van der Waals surface area contributed by atoms with Crippen LogP contribution in [-0.2, 0) is 20.1 Å². The van der Waals surface area contributed by atoms with E-state index in [2.05, 4.69) is 32.2 Å². The molecule has 0 aliphatic carbocycles. The maximum Gasteiger partial charge on any atom is 0.331 e. The Bertz CT molecular complexity index is 1310. The molecule has 3 aromatic rings. The number of aromatic nitrogens is 2. The van der Waals surface area contributed by atoms with E-state index in [1.165, 1.54) is 14.7 Å². The SMILES string of the molecule is COc1cccc(CNC(=O)c2cc3c(=O)n(CC[C@@H](C)CCC=C(C)C)c(=O)n(C)c3s2)c1. The minimum Gasteiger partial charge on any atom is -0.497 e. The first-order chi connectivity index (χ1) is 16.2. The molecule has 8 heteroatoms. The van der Waals surface area contributed by atoms with Crippen molar-refractivity contribution < 1.29 is 9.53 Å². The fourth-order valence-electron chi connectivity index (χ4n) is 3.80. The van der Waals surface area contributed by atoms with Crippen LogP contribution in [0.5, 0.6) is 5.75 Å². The minimum absolute atomic E-state index is 0.282. The first kappa shape index (κ1) is 25.5. The van der Waals surface area contributed by atoms with Crippen molar-refractivity contribution in [3.63, 3.8) is 0 Å². The molecule has 0 saturated heterocycles. The number of aryl methyl sites for hydroxylation is 1. The molecule has 0 saturated carbocycles. The van der Waals surface area contributed by atoms with Gasteiger partial charge in [0, 0.05) is 20.1 Å². The zero-order valence-corrected chi connectivity index (χ0v) is 21.3. The zero-order chi connectivity index (χ0) is 24.8. The van der Waals surface area contributed by atoms with E-state index in [1.54, 1.807) is 20.2 Å². The molecule has 0 bridgehead atoms. The third-order valence-electron chi connectivity index (χ3n) is 5.88. The van der Waals surface area contributed by atoms with Crippen LogP contribution in [0.2, 0.25) is 0 Å². The Morgan fingerprint density at radius 1 is 1.21 bits per heavy atom. The number of amides is 1. The fourth-order valence-corrected chi connectivity index (χ4v) is 4.82. The van der Waals surface area contributed by atoms with Gasteiger partial charge in [0.1, 0.15) is 10.6 Å². The van der Waals surface area contributed by atoms with Gasteiger partial charge in [-0.05, 0) is 62.8 Å². The lowest BCUT2D eigenvalue weighted by Gasteiger charge is -2.12. The second-order valence-corrected chi connectivity index (χ2v) is 9.95. The molecular formula is C26H33N3O4S. The highest BCUT2D eigenvalue weighted by Gasteiger charge is 2.18. The van der Waals surface area contributed by atoms with Gasteiger partial charge < -0.3 is 10.1 Å². The van der Waals surface area contributed by atoms with Crippen molar-refractivity contribution in [3.8, 4) is 5.75 Å². The van der Waals surface area contributed by atoms with E-state index < -0.39 is 0 Å². The second kappa shape index (κ2) is 11.3. The molecule has 1 atom stereocenters. The average molecular weight is 484 g/mol. The molecule has 34 heavy (non-hydrogen) atoms. The summed E-state index contributed by atoms with van der Waals surface area (Å²) in [4.78, 5) is 39.7. The summed E-state index contributed by atoms with van der Waals surface area (Å²) in [6, 6.07) is 9.05. The van der Waals surface area contributed by atoms with Crippen LogP contribution in [0.1, 0.15) is 55.3 Å². The highest BCUT2D eigenvalue weighted by Crippen LogP contribution is 2.22. The Kier molecular flexibility index (Phi) is 8.50. The van der Waals surface area contributed by atoms with Gasteiger partial charge in [-0.25, -0.2) is 4.79 Å². The maximum absolute atomic E-state index is 13.1. The smallest absolute Gasteiger partial charge is 0.331 e. The van der Waals surface area contributed by atoms with E-state index in [9.17, 15) is 14.4 Å². The number of thiophene rings is 1. The van der Waals surface area contributed by atoms with Crippen molar-refractivity contribution >= 4 is 27.5 Å². The molecule has 1 aromatic carbocycles. The van der Waals surface area contributed by atoms with Crippen LogP contribution in [0, 0.1) is 5.92 Å². The van der Waals surface area contributed by atoms with Crippen molar-refractivity contribution in [3.05, 3.63) is 73.3 Å². The number of carbonyl (C=O) groups is 1. The zero-order valence-electron chi connectivity index (χ0n) is 20.5. The summed E-state index contributed by atoms with van der Waals surface area (Å²) in [5.41, 5.74) is 1.52. The summed E-state index contributed by atoms with van der Waals surface area (Å²) < 4.78 is 7.98. The fraction of sp³-hybridized carbons (Fsp3) is 0.423. The molecule has 1 amide bonds. The number of carbonyl (C=O) groups excluding carboxylic acids is 1. The third kappa shape index (κ3) is 6.05. The molecule has 182 valence electrons. The maximum atomic E-state index is 13.1. The second-order valence-electron chi connectivity index (χ2n) is 8.91. The first-order valence-corrected chi connectivity index (χ1v) is 12.3. The van der Waals surface area contributed by atoms with Crippen LogP contribution in [-0.4, -0.2) is 22.2 Å². The summed E-state index contributed by atoms with van der Waals surface area (Å²) in [7, 11) is 3.24. The van der Waals surface area contributed by atoms with Gasteiger partial charge in [0.05, 0.1) is 17.4 Å². The number of hydrogen-bond acceptors (Lipinski definition) is 5. The predicted octanol–water partition coefficient (Wildman–Crippen LogP) is 4.47. The summed E-state index contributed by atoms with van der Waals surface area (Å²) >= 11 is 1.16. The third-order valence-corrected chi connectivity index (χ3v) is 7.09. The monoisotopic (exact) mass is 483 g/mol. The lowest BCUT2D eigenvalue weighted by Crippen LogP contribution is -2.38. The number of rotatable bonds is 10. The van der Waals surface area contributed by atoms with Gasteiger partial charge >= 0.3 is 5.69 Å². The van der Waals surface area contributed by atoms with Crippen LogP contribution in [0.15, 0.2) is 51.6 Å². The van der Waals surface area contributed by atoms with Crippen LogP contribution in [0.4, 0.5) is 0 Å². The highest BCUT2D eigenvalue weighted by atomic mass is 32.1. The summed E-state index contributed by atoms with van der Waals surface area (Å²) in [5.74, 6) is 0.828. The summed E-state index contributed by atoms with van der Waals surface area (Å²) in [6.45, 7) is 7.00. The number of hydrogen-bond donors (Lipinski definition) is 1. The van der Waals surface area contributed by atoms with Crippen molar-refractivity contribution in [2.75, 3.05) is 7.11 Å². The highest BCUT2D eigenvalue weighted by molar-refractivity contribution is 7.20. The van der Waals surface area contributed by atoms with E-state index in [0.29, 0.717) is 34.1 Å². The Labute approximate surface area is 203 Å². The topological polar surface area (TPSA) is 82.3 Å². The van der Waals surface area contributed by atoms with Gasteiger partial charge in [0.2, 0.25) is 0 Å². The molecule has 0 aliphatic heterocycles. The van der Waals surface area contributed by atoms with Crippen molar-refractivity contribution in [2.45, 2.75) is 53.1 Å². The molecule has 2 heterocycles. The van der Waals surface area contributed by atoms with Crippen LogP contribution in [0.3, 0.4) is 0 Å². The van der Waals surface area contributed by atoms with Gasteiger partial charge in [0.15, 0.2) is 0 Å². The van der Waals surface area contributed by atoms with Crippen LogP contribution >= 0.6 is 11.3 Å². The standard InChI is InChI=1S/C26H33N3O4S/c1-17(2)8-6-9-18(3)12-13-29-24(31)21-15-22(34-25(21)28(4)26(29)32)23(30)27-16-19-10-7-11-20(14-19)33-5/h7-8,10-11,14-15,18H,6,9,12-13,16H2,1-5H3,(H,27,30)/t18-/m0/s1. The average Bonchev–Trinajstić information content (AvgIpc) is 3.27. The van der Waals surface area contributed by atoms with E-state index in [4.69, 9.17) is 4.74 Å². The first-order valence-electron chi connectivity index (χ1n) is 11.5. The lowest BCUT2D eigenvalue weighted by atomic mass is 10.0. The molecule has 0 radical (unpaired) electrons. The molecular weight excluding hydrogens is 450 g/mol. The molecule has 7 nitrogen and oxygen atoms in total. The number of methoxy groups -OCH3 is 1. The van der Waals surface area contributed by atoms with E-state index >= 15 is 0 Å². The molecule has 0 spiro atoms. The molecule has 0 unspecified atom stereocenters. The van der Waals surface area contributed by atoms with E-state index in [-0.39, 0.29) is 17.2 Å². The number of fused-ring (bicyclic) bond motifs is 1. The van der Waals surface area contributed by atoms with Gasteiger partial charge in [0.25, 0.3) is 11.5 Å². The Morgan fingerprint density at radius 3 is 2.68 bits per heavy atom. The van der Waals surface area contributed by atoms with Crippen molar-refractivity contribution in [2.24, 2.45) is 13.0 Å². The molecule has 2 aromatic heterocycles. The van der Waals surface area contributed by atoms with Crippen molar-refractivity contribution in [1.82, 2.24) is 14.5 Å². The summed E-state index contributed by atoms with van der Waals surface area (Å²) in [6.07, 6.45) is 4.96. The van der Waals surface area contributed by atoms with Gasteiger partial charge in [-0.3, -0.25) is 18.7 Å². The van der Waals surface area contributed by atoms with Gasteiger partial charge in [-0.15, -0.1) is 11.3 Å². The minimum atomic E-state index is -0.348. The van der Waals surface area contributed by atoms with E-state index in [0.717, 1.165) is 41.9 Å². The Balaban J connectivity index is 1.76. The molecule has 3 rings (SSSR count). The number of ether oxygens (including phenoxy) is 1. The number of nitrogens with one attached hydrogen (secondary N) is 1. The van der Waals surface area contributed by atoms with Crippen LogP contribution in [0.25, 0.3) is 10.2 Å². The Hall–Kier alpha value is -3.13. The normalized spacial score (nSPS) is 11.9.